The highest BCUT2D eigenvalue weighted by Gasteiger charge is 2.32. The third kappa shape index (κ3) is 2.00. The Morgan fingerprint density at radius 1 is 1.50 bits per heavy atom. The van der Waals surface area contributed by atoms with Crippen molar-refractivity contribution in [1.82, 2.24) is 10.2 Å². The van der Waals surface area contributed by atoms with Gasteiger partial charge < -0.3 is 15.0 Å². The van der Waals surface area contributed by atoms with E-state index in [-0.39, 0.29) is 12.1 Å². The summed E-state index contributed by atoms with van der Waals surface area (Å²) in [5, 5.41) is 2.88. The number of piperidine rings is 1. The van der Waals surface area contributed by atoms with E-state index in [0.717, 1.165) is 19.6 Å². The molecule has 2 fully saturated rings. The number of hydrogen-bond acceptors (Lipinski definition) is 3. The van der Waals surface area contributed by atoms with Gasteiger partial charge in [0, 0.05) is 0 Å². The van der Waals surface area contributed by atoms with Crippen LogP contribution >= 0.6 is 0 Å². The summed E-state index contributed by atoms with van der Waals surface area (Å²) in [4.78, 5) is 13.3. The summed E-state index contributed by atoms with van der Waals surface area (Å²) in [6.07, 6.45) is 2.12. The van der Waals surface area contributed by atoms with Crippen LogP contribution in [0.2, 0.25) is 0 Å². The maximum absolute atomic E-state index is 10.9. The Kier molecular flexibility index (Phi) is 2.91. The third-order valence-electron chi connectivity index (χ3n) is 3.35. The van der Waals surface area contributed by atoms with Gasteiger partial charge in [0.2, 0.25) is 0 Å². The van der Waals surface area contributed by atoms with E-state index in [1.165, 1.54) is 12.8 Å². The molecular weight excluding hydrogens is 180 g/mol. The Morgan fingerprint density at radius 2 is 2.21 bits per heavy atom. The van der Waals surface area contributed by atoms with E-state index in [9.17, 15) is 4.79 Å². The molecule has 0 aromatic rings. The quantitative estimate of drug-likeness (QED) is 0.714. The van der Waals surface area contributed by atoms with Crippen molar-refractivity contribution in [1.29, 1.82) is 0 Å². The molecule has 4 heteroatoms. The molecule has 1 atom stereocenters. The molecule has 0 aromatic heterocycles. The first-order valence-electron chi connectivity index (χ1n) is 5.45. The molecule has 2 saturated heterocycles. The summed E-state index contributed by atoms with van der Waals surface area (Å²) in [5.41, 5.74) is 0. The van der Waals surface area contributed by atoms with Crippen molar-refractivity contribution in [2.75, 3.05) is 26.2 Å². The predicted octanol–water partition coefficient (Wildman–Crippen LogP) is 0.827. The average Bonchev–Trinajstić information content (AvgIpc) is 2.65. The van der Waals surface area contributed by atoms with Gasteiger partial charge in [-0.1, -0.05) is 6.92 Å². The number of carbonyl (C=O) groups is 1. The van der Waals surface area contributed by atoms with E-state index in [4.69, 9.17) is 4.74 Å². The predicted molar refractivity (Wildman–Crippen MR) is 53.1 cm³/mol. The van der Waals surface area contributed by atoms with Crippen LogP contribution in [0.4, 0.5) is 4.79 Å². The number of cyclic esters (lactones) is 1. The van der Waals surface area contributed by atoms with Crippen LogP contribution in [0.5, 0.6) is 0 Å². The van der Waals surface area contributed by atoms with Gasteiger partial charge in [-0.05, 0) is 38.4 Å². The average molecular weight is 198 g/mol. The molecule has 2 rings (SSSR count). The fourth-order valence-electron chi connectivity index (χ4n) is 2.33. The smallest absolute Gasteiger partial charge is 0.407 e. The molecule has 0 saturated carbocycles. The first kappa shape index (κ1) is 9.77. The molecule has 0 spiro atoms. The van der Waals surface area contributed by atoms with Gasteiger partial charge in [-0.25, -0.2) is 4.79 Å². The lowest BCUT2D eigenvalue weighted by Crippen LogP contribution is -2.42. The van der Waals surface area contributed by atoms with Gasteiger partial charge in [-0.15, -0.1) is 0 Å². The molecule has 80 valence electrons. The number of carbonyl (C=O) groups excluding carboxylic acids is 1. The lowest BCUT2D eigenvalue weighted by molar-refractivity contribution is 0.155. The van der Waals surface area contributed by atoms with Gasteiger partial charge in [-0.2, -0.15) is 0 Å². The van der Waals surface area contributed by atoms with Crippen LogP contribution in [-0.2, 0) is 4.74 Å². The van der Waals surface area contributed by atoms with Gasteiger partial charge >= 0.3 is 6.09 Å². The maximum atomic E-state index is 10.9. The molecule has 0 radical (unpaired) electrons. The minimum atomic E-state index is -0.243. The van der Waals surface area contributed by atoms with E-state index in [2.05, 4.69) is 17.1 Å². The molecule has 14 heavy (non-hydrogen) atoms. The molecular formula is C10H18N2O2. The van der Waals surface area contributed by atoms with E-state index < -0.39 is 0 Å². The molecule has 2 aliphatic rings. The first-order valence-corrected chi connectivity index (χ1v) is 5.45. The molecule has 4 nitrogen and oxygen atoms in total. The van der Waals surface area contributed by atoms with Crippen molar-refractivity contribution < 1.29 is 9.53 Å². The normalized spacial score (nSPS) is 30.1. The highest BCUT2D eigenvalue weighted by Crippen LogP contribution is 2.22. The number of amides is 1. The molecule has 1 unspecified atom stereocenters. The van der Waals surface area contributed by atoms with Crippen LogP contribution in [0, 0.1) is 5.92 Å². The van der Waals surface area contributed by atoms with Crippen LogP contribution in [0.1, 0.15) is 19.8 Å². The van der Waals surface area contributed by atoms with Crippen LogP contribution < -0.4 is 5.32 Å². The lowest BCUT2D eigenvalue weighted by atomic mass is 9.90. The third-order valence-corrected chi connectivity index (χ3v) is 3.35. The Balaban J connectivity index is 1.80. The highest BCUT2D eigenvalue weighted by atomic mass is 16.6. The van der Waals surface area contributed by atoms with Crippen LogP contribution in [-0.4, -0.2) is 43.3 Å². The van der Waals surface area contributed by atoms with Gasteiger partial charge in [0.1, 0.15) is 6.61 Å². The minimum Gasteiger partial charge on any atom is -0.447 e. The number of alkyl carbamates (subject to hydrolysis) is 1. The summed E-state index contributed by atoms with van der Waals surface area (Å²) in [6, 6.07) is 0.265. The number of hydrogen-bond donors (Lipinski definition) is 1. The Bertz CT molecular complexity index is 212. The van der Waals surface area contributed by atoms with E-state index in [1.807, 2.05) is 0 Å². The van der Waals surface area contributed by atoms with Gasteiger partial charge in [0.25, 0.3) is 0 Å². The minimum absolute atomic E-state index is 0.243. The summed E-state index contributed by atoms with van der Waals surface area (Å²) in [7, 11) is 0. The summed E-state index contributed by atoms with van der Waals surface area (Å²) in [5.74, 6) is 0.615. The summed E-state index contributed by atoms with van der Waals surface area (Å²) >= 11 is 0. The molecule has 2 aliphatic heterocycles. The van der Waals surface area contributed by atoms with Crippen molar-refractivity contribution in [2.24, 2.45) is 5.92 Å². The fourth-order valence-corrected chi connectivity index (χ4v) is 2.33. The number of nitrogens with one attached hydrogen (secondary N) is 1. The zero-order valence-corrected chi connectivity index (χ0v) is 8.66. The Morgan fingerprint density at radius 3 is 2.71 bits per heavy atom. The fraction of sp³-hybridized carbons (Fsp3) is 0.900. The Hall–Kier alpha value is -0.770. The molecule has 2 heterocycles. The monoisotopic (exact) mass is 198 g/mol. The largest absolute Gasteiger partial charge is 0.447 e. The van der Waals surface area contributed by atoms with Crippen LogP contribution in [0.25, 0.3) is 0 Å². The lowest BCUT2D eigenvalue weighted by Gasteiger charge is -2.33. The van der Waals surface area contributed by atoms with Crippen molar-refractivity contribution in [3.8, 4) is 0 Å². The van der Waals surface area contributed by atoms with Gasteiger partial charge in [-0.3, -0.25) is 0 Å². The second-order valence-corrected chi connectivity index (χ2v) is 4.12. The van der Waals surface area contributed by atoms with Crippen molar-refractivity contribution in [2.45, 2.75) is 25.8 Å². The van der Waals surface area contributed by atoms with Gasteiger partial charge in [0.05, 0.1) is 6.04 Å². The number of likely N-dealkylation sites (tertiary alicyclic amines) is 1. The number of ether oxygens (including phenoxy) is 1. The first-order chi connectivity index (χ1) is 6.79. The maximum Gasteiger partial charge on any atom is 0.407 e. The highest BCUT2D eigenvalue weighted by molar-refractivity contribution is 5.69. The zero-order chi connectivity index (χ0) is 9.97. The second-order valence-electron chi connectivity index (χ2n) is 4.12. The number of rotatable bonds is 2. The molecule has 0 bridgehead atoms. The number of nitrogens with zero attached hydrogens (tertiary/aromatic N) is 1. The van der Waals surface area contributed by atoms with E-state index >= 15 is 0 Å². The zero-order valence-electron chi connectivity index (χ0n) is 8.66. The van der Waals surface area contributed by atoms with Crippen molar-refractivity contribution in [3.63, 3.8) is 0 Å². The topological polar surface area (TPSA) is 41.6 Å². The van der Waals surface area contributed by atoms with E-state index in [1.54, 1.807) is 0 Å². The molecule has 0 aliphatic carbocycles. The van der Waals surface area contributed by atoms with Crippen molar-refractivity contribution in [3.05, 3.63) is 0 Å². The van der Waals surface area contributed by atoms with Crippen molar-refractivity contribution >= 4 is 6.09 Å². The molecule has 1 amide bonds. The molecule has 1 N–H and O–H groups in total. The van der Waals surface area contributed by atoms with Crippen LogP contribution in [0.15, 0.2) is 0 Å². The standard InChI is InChI=1S/C10H18N2O2/c1-2-12-5-3-8(4-6-12)9-7-14-10(13)11-9/h8-9H,2-7H2,1H3,(H,11,13). The second kappa shape index (κ2) is 4.17. The van der Waals surface area contributed by atoms with E-state index in [0.29, 0.717) is 12.5 Å². The Labute approximate surface area is 84.6 Å². The van der Waals surface area contributed by atoms with Gasteiger partial charge in [0.15, 0.2) is 0 Å². The summed E-state index contributed by atoms with van der Waals surface area (Å²) < 4.78 is 4.91. The van der Waals surface area contributed by atoms with Crippen LogP contribution in [0.3, 0.4) is 0 Å². The summed E-state index contributed by atoms with van der Waals surface area (Å²) in [6.45, 7) is 6.22. The molecule has 0 aromatic carbocycles. The SMILES string of the molecule is CCN1CCC(C2COC(=O)N2)CC1.